The van der Waals surface area contributed by atoms with E-state index in [0.29, 0.717) is 0 Å². The molecule has 0 saturated heterocycles. The van der Waals surface area contributed by atoms with E-state index in [0.717, 1.165) is 18.2 Å². The summed E-state index contributed by atoms with van der Waals surface area (Å²) in [4.78, 5) is 27.6. The van der Waals surface area contributed by atoms with Crippen LogP contribution in [0.5, 0.6) is 0 Å². The van der Waals surface area contributed by atoms with E-state index < -0.39 is 35.2 Å². The van der Waals surface area contributed by atoms with E-state index in [2.05, 4.69) is 10.3 Å². The highest BCUT2D eigenvalue weighted by Gasteiger charge is 2.24. The maximum Gasteiger partial charge on any atom is 0.344 e. The van der Waals surface area contributed by atoms with E-state index in [1.165, 1.54) is 19.2 Å². The summed E-state index contributed by atoms with van der Waals surface area (Å²) in [5.41, 5.74) is -0.875. The summed E-state index contributed by atoms with van der Waals surface area (Å²) in [6.45, 7) is 1.23. The maximum atomic E-state index is 13.5. The Bertz CT molecular complexity index is 782. The van der Waals surface area contributed by atoms with Gasteiger partial charge in [0.1, 0.15) is 17.2 Å². The monoisotopic (exact) mass is 374 g/mol. The van der Waals surface area contributed by atoms with Gasteiger partial charge in [0.25, 0.3) is 5.91 Å². The van der Waals surface area contributed by atoms with E-state index in [1.807, 2.05) is 0 Å². The van der Waals surface area contributed by atoms with Gasteiger partial charge in [-0.05, 0) is 25.1 Å². The van der Waals surface area contributed by atoms with Crippen molar-refractivity contribution in [3.05, 3.63) is 57.7 Å². The number of carbonyl (C=O) groups is 2. The van der Waals surface area contributed by atoms with E-state index in [1.54, 1.807) is 0 Å². The largest absolute Gasteiger partial charge is 0.449 e. The second kappa shape index (κ2) is 7.55. The molecule has 1 atom stereocenters. The number of aromatic nitrogens is 1. The minimum Gasteiger partial charge on any atom is -0.449 e. The molecule has 24 heavy (non-hydrogen) atoms. The normalized spacial score (nSPS) is 11.7. The fourth-order valence-corrected chi connectivity index (χ4v) is 2.12. The van der Waals surface area contributed by atoms with E-state index in [9.17, 15) is 18.4 Å². The maximum absolute atomic E-state index is 13.5. The van der Waals surface area contributed by atoms with Crippen LogP contribution in [0.1, 0.15) is 17.3 Å². The number of nitrogens with one attached hydrogen (secondary N) is 1. The molecule has 2 rings (SSSR count). The first-order valence-corrected chi connectivity index (χ1v) is 7.32. The summed E-state index contributed by atoms with van der Waals surface area (Å²) >= 11 is 11.5. The molecule has 2 aromatic rings. The van der Waals surface area contributed by atoms with Gasteiger partial charge < -0.3 is 10.1 Å². The molecule has 0 saturated carbocycles. The quantitative estimate of drug-likeness (QED) is 0.825. The second-order valence-electron chi connectivity index (χ2n) is 4.62. The third-order valence-corrected chi connectivity index (χ3v) is 3.36. The number of pyridine rings is 1. The molecule has 0 spiro atoms. The molecular weight excluding hydrogens is 365 g/mol. The number of anilines is 1. The van der Waals surface area contributed by atoms with Gasteiger partial charge in [0, 0.05) is 6.20 Å². The van der Waals surface area contributed by atoms with Crippen LogP contribution in [0.15, 0.2) is 30.5 Å². The van der Waals surface area contributed by atoms with Gasteiger partial charge in [-0.3, -0.25) is 4.79 Å². The number of benzene rings is 1. The Kier molecular flexibility index (Phi) is 5.69. The Morgan fingerprint density at radius 3 is 2.46 bits per heavy atom. The van der Waals surface area contributed by atoms with Crippen LogP contribution in [-0.2, 0) is 9.53 Å². The average molecular weight is 375 g/mol. The van der Waals surface area contributed by atoms with Crippen molar-refractivity contribution in [2.75, 3.05) is 5.32 Å². The minimum absolute atomic E-state index is 0.00559. The molecule has 5 nitrogen and oxygen atoms in total. The summed E-state index contributed by atoms with van der Waals surface area (Å²) < 4.78 is 31.8. The molecule has 1 aromatic heterocycles. The van der Waals surface area contributed by atoms with Gasteiger partial charge in [0.05, 0.1) is 10.0 Å². The molecule has 9 heteroatoms. The molecule has 0 aliphatic heterocycles. The number of rotatable bonds is 4. The van der Waals surface area contributed by atoms with E-state index in [-0.39, 0.29) is 15.9 Å². The molecule has 1 N–H and O–H groups in total. The molecule has 0 bridgehead atoms. The van der Waals surface area contributed by atoms with Crippen LogP contribution in [0, 0.1) is 11.6 Å². The lowest BCUT2D eigenvalue weighted by Crippen LogP contribution is -2.31. The van der Waals surface area contributed by atoms with Gasteiger partial charge >= 0.3 is 5.97 Å². The third kappa shape index (κ3) is 4.18. The van der Waals surface area contributed by atoms with Crippen molar-refractivity contribution in [2.24, 2.45) is 0 Å². The summed E-state index contributed by atoms with van der Waals surface area (Å²) in [5, 5.41) is 2.67. The van der Waals surface area contributed by atoms with Gasteiger partial charge in [0.2, 0.25) is 0 Å². The number of hydrogen-bond donors (Lipinski definition) is 1. The first-order valence-electron chi connectivity index (χ1n) is 6.56. The van der Waals surface area contributed by atoms with Crippen molar-refractivity contribution < 1.29 is 23.1 Å². The van der Waals surface area contributed by atoms with Crippen molar-refractivity contribution in [3.8, 4) is 0 Å². The van der Waals surface area contributed by atoms with Crippen LogP contribution in [0.4, 0.5) is 14.6 Å². The Hall–Kier alpha value is -2.25. The number of esters is 1. The Morgan fingerprint density at radius 2 is 1.88 bits per heavy atom. The standard InChI is InChI=1S/C15H10Cl2F2N2O3/c1-7(14(22)21-13-9(17)5-8(16)6-20-13)24-15(23)12-10(18)3-2-4-11(12)19/h2-7H,1H3,(H,20,21,22). The zero-order chi connectivity index (χ0) is 17.9. The van der Waals surface area contributed by atoms with Crippen molar-refractivity contribution in [1.29, 1.82) is 0 Å². The van der Waals surface area contributed by atoms with Gasteiger partial charge in [0.15, 0.2) is 11.9 Å². The molecule has 1 heterocycles. The lowest BCUT2D eigenvalue weighted by Gasteiger charge is -2.14. The Labute approximate surface area is 145 Å². The number of nitrogens with zero attached hydrogens (tertiary/aromatic N) is 1. The molecule has 126 valence electrons. The van der Waals surface area contributed by atoms with Gasteiger partial charge in [-0.25, -0.2) is 18.6 Å². The van der Waals surface area contributed by atoms with E-state index in [4.69, 9.17) is 27.9 Å². The Balaban J connectivity index is 2.07. The predicted octanol–water partition coefficient (Wildman–Crippen LogP) is 3.85. The third-order valence-electron chi connectivity index (χ3n) is 2.87. The van der Waals surface area contributed by atoms with E-state index >= 15 is 0 Å². The van der Waals surface area contributed by atoms with Gasteiger partial charge in [-0.15, -0.1) is 0 Å². The van der Waals surface area contributed by atoms with Crippen molar-refractivity contribution in [2.45, 2.75) is 13.0 Å². The molecule has 1 amide bonds. The summed E-state index contributed by atoms with van der Waals surface area (Å²) in [6.07, 6.45) is -0.0842. The highest BCUT2D eigenvalue weighted by atomic mass is 35.5. The van der Waals surface area contributed by atoms with Crippen LogP contribution in [0.3, 0.4) is 0 Å². The lowest BCUT2D eigenvalue weighted by atomic mass is 10.2. The Morgan fingerprint density at radius 1 is 1.25 bits per heavy atom. The van der Waals surface area contributed by atoms with Crippen LogP contribution < -0.4 is 5.32 Å². The lowest BCUT2D eigenvalue weighted by molar-refractivity contribution is -0.123. The zero-order valence-electron chi connectivity index (χ0n) is 12.1. The first-order chi connectivity index (χ1) is 11.3. The number of halogens is 4. The molecular formula is C15H10Cl2F2N2O3. The van der Waals surface area contributed by atoms with Crippen LogP contribution >= 0.6 is 23.2 Å². The molecule has 0 aliphatic rings. The molecule has 0 radical (unpaired) electrons. The van der Waals surface area contributed by atoms with Crippen LogP contribution in [-0.4, -0.2) is 23.0 Å². The van der Waals surface area contributed by atoms with Crippen molar-refractivity contribution in [1.82, 2.24) is 4.98 Å². The fraction of sp³-hybridized carbons (Fsp3) is 0.133. The molecule has 0 aliphatic carbocycles. The number of hydrogen-bond acceptors (Lipinski definition) is 4. The SMILES string of the molecule is CC(OC(=O)c1c(F)cccc1F)C(=O)Nc1ncc(Cl)cc1Cl. The van der Waals surface area contributed by atoms with Crippen molar-refractivity contribution in [3.63, 3.8) is 0 Å². The number of amides is 1. The molecule has 1 aromatic carbocycles. The molecule has 1 unspecified atom stereocenters. The summed E-state index contributed by atoms with van der Waals surface area (Å²) in [7, 11) is 0. The summed E-state index contributed by atoms with van der Waals surface area (Å²) in [6, 6.07) is 4.27. The topological polar surface area (TPSA) is 68.3 Å². The summed E-state index contributed by atoms with van der Waals surface area (Å²) in [5.74, 6) is -4.25. The van der Waals surface area contributed by atoms with Gasteiger partial charge in [-0.2, -0.15) is 0 Å². The molecule has 0 fully saturated rings. The van der Waals surface area contributed by atoms with Gasteiger partial charge in [-0.1, -0.05) is 29.3 Å². The highest BCUT2D eigenvalue weighted by molar-refractivity contribution is 6.36. The number of carbonyl (C=O) groups excluding carboxylic acids is 2. The minimum atomic E-state index is -1.34. The number of ether oxygens (including phenoxy) is 1. The second-order valence-corrected chi connectivity index (χ2v) is 5.46. The van der Waals surface area contributed by atoms with Crippen molar-refractivity contribution >= 4 is 40.9 Å². The smallest absolute Gasteiger partial charge is 0.344 e. The highest BCUT2D eigenvalue weighted by Crippen LogP contribution is 2.23. The van der Waals surface area contributed by atoms with Crippen LogP contribution in [0.2, 0.25) is 10.0 Å². The predicted molar refractivity (Wildman–Crippen MR) is 84.1 cm³/mol. The first kappa shape index (κ1) is 18.1. The fourth-order valence-electron chi connectivity index (χ4n) is 1.69. The van der Waals surface area contributed by atoms with Crippen LogP contribution in [0.25, 0.3) is 0 Å². The average Bonchev–Trinajstić information content (AvgIpc) is 2.49. The zero-order valence-corrected chi connectivity index (χ0v) is 13.7.